The van der Waals surface area contributed by atoms with Crippen LogP contribution in [0.5, 0.6) is 11.5 Å². The van der Waals surface area contributed by atoms with Crippen LogP contribution in [0.1, 0.15) is 49.8 Å². The Bertz CT molecular complexity index is 1150. The molecule has 1 aliphatic heterocycles. The van der Waals surface area contributed by atoms with Crippen LogP contribution < -0.4 is 9.47 Å². The van der Waals surface area contributed by atoms with Gasteiger partial charge < -0.3 is 14.6 Å². The molecule has 4 rings (SSSR count). The summed E-state index contributed by atoms with van der Waals surface area (Å²) in [5.74, 6) is 0.631. The minimum absolute atomic E-state index is 0.120. The molecule has 2 aromatic carbocycles. The molecule has 0 spiro atoms. The third kappa shape index (κ3) is 7.68. The maximum atomic E-state index is 11.8. The Morgan fingerprint density at radius 1 is 1.13 bits per heavy atom. The van der Waals surface area contributed by atoms with Crippen molar-refractivity contribution in [3.8, 4) is 11.5 Å². The number of halogens is 1. The lowest BCUT2D eigenvalue weighted by atomic mass is 9.81. The molecular weight excluding hydrogens is 540 g/mol. The SMILES string of the molecule is COc1cc(CN(CC2CCC(C(=O)O)CC2)[C@@H](C)c2ccc(Cl)cc2)ccc1OCCN1C(=O)CSC1=O. The summed E-state index contributed by atoms with van der Waals surface area (Å²) in [7, 11) is 1.59. The average molecular weight is 575 g/mol. The maximum absolute atomic E-state index is 11.8. The van der Waals surface area contributed by atoms with Crippen LogP contribution in [0.3, 0.4) is 0 Å². The molecule has 10 heteroatoms. The fourth-order valence-corrected chi connectivity index (χ4v) is 6.12. The number of amides is 2. The maximum Gasteiger partial charge on any atom is 0.306 e. The van der Waals surface area contributed by atoms with Crippen LogP contribution >= 0.6 is 23.4 Å². The number of aliphatic carboxylic acids is 1. The molecule has 2 fully saturated rings. The highest BCUT2D eigenvalue weighted by molar-refractivity contribution is 8.14. The molecule has 1 N–H and O–H groups in total. The van der Waals surface area contributed by atoms with E-state index in [0.29, 0.717) is 29.0 Å². The predicted octanol–water partition coefficient (Wildman–Crippen LogP) is 5.88. The molecule has 2 aromatic rings. The molecule has 210 valence electrons. The van der Waals surface area contributed by atoms with E-state index >= 15 is 0 Å². The number of nitrogens with zero attached hydrogens (tertiary/aromatic N) is 2. The molecule has 1 atom stereocenters. The van der Waals surface area contributed by atoms with Crippen molar-refractivity contribution in [2.24, 2.45) is 11.8 Å². The quantitative estimate of drug-likeness (QED) is 0.336. The second kappa shape index (κ2) is 13.5. The van der Waals surface area contributed by atoms with Crippen molar-refractivity contribution in [1.29, 1.82) is 0 Å². The van der Waals surface area contributed by atoms with E-state index in [-0.39, 0.29) is 42.0 Å². The minimum Gasteiger partial charge on any atom is -0.493 e. The first-order valence-corrected chi connectivity index (χ1v) is 14.6. The van der Waals surface area contributed by atoms with Crippen LogP contribution in [0.15, 0.2) is 42.5 Å². The lowest BCUT2D eigenvalue weighted by Crippen LogP contribution is -2.34. The van der Waals surface area contributed by atoms with Gasteiger partial charge in [0.25, 0.3) is 5.24 Å². The highest BCUT2D eigenvalue weighted by Crippen LogP contribution is 2.34. The molecule has 2 aliphatic rings. The summed E-state index contributed by atoms with van der Waals surface area (Å²) in [6.07, 6.45) is 3.24. The Morgan fingerprint density at radius 3 is 2.46 bits per heavy atom. The predicted molar refractivity (Wildman–Crippen MR) is 151 cm³/mol. The number of benzene rings is 2. The van der Waals surface area contributed by atoms with E-state index in [0.717, 1.165) is 55.1 Å². The first kappa shape index (κ1) is 29.2. The summed E-state index contributed by atoms with van der Waals surface area (Å²) >= 11 is 7.14. The number of ether oxygens (including phenoxy) is 2. The molecule has 2 amide bonds. The number of methoxy groups -OCH3 is 1. The lowest BCUT2D eigenvalue weighted by molar-refractivity contribution is -0.143. The van der Waals surface area contributed by atoms with Gasteiger partial charge in [-0.25, -0.2) is 0 Å². The van der Waals surface area contributed by atoms with E-state index in [1.165, 1.54) is 4.90 Å². The van der Waals surface area contributed by atoms with Crippen LogP contribution in [0.2, 0.25) is 5.02 Å². The van der Waals surface area contributed by atoms with E-state index in [2.05, 4.69) is 11.8 Å². The van der Waals surface area contributed by atoms with Gasteiger partial charge in [-0.3, -0.25) is 24.2 Å². The van der Waals surface area contributed by atoms with Crippen LogP contribution in [-0.2, 0) is 16.1 Å². The normalized spacial score (nSPS) is 20.4. The van der Waals surface area contributed by atoms with Gasteiger partial charge in [0, 0.05) is 24.2 Å². The fourth-order valence-electron chi connectivity index (χ4n) is 5.24. The van der Waals surface area contributed by atoms with Gasteiger partial charge >= 0.3 is 5.97 Å². The molecule has 8 nitrogen and oxygen atoms in total. The number of hydrogen-bond acceptors (Lipinski definition) is 7. The minimum atomic E-state index is -0.688. The molecule has 1 heterocycles. The average Bonchev–Trinajstić information content (AvgIpc) is 3.26. The van der Waals surface area contributed by atoms with E-state index < -0.39 is 5.97 Å². The van der Waals surface area contributed by atoms with Gasteiger partial charge in [-0.1, -0.05) is 41.6 Å². The lowest BCUT2D eigenvalue weighted by Gasteiger charge is -2.35. The standard InChI is InChI=1S/C29H35ClN2O6S/c1-19(22-8-10-24(30)11-9-22)31(16-20-3-6-23(7-4-20)28(34)35)17-21-5-12-25(26(15-21)37-2)38-14-13-32-27(33)18-39-29(32)36/h5,8-12,15,19-20,23H,3-4,6-7,13-14,16-18H2,1-2H3,(H,34,35)/t19-,20?,23?/m0/s1. The van der Waals surface area contributed by atoms with Crippen LogP contribution in [-0.4, -0.2) is 64.6 Å². The van der Waals surface area contributed by atoms with Crippen molar-refractivity contribution in [2.75, 3.05) is 32.6 Å². The van der Waals surface area contributed by atoms with E-state index in [1.807, 2.05) is 42.5 Å². The Balaban J connectivity index is 1.45. The fraction of sp³-hybridized carbons (Fsp3) is 0.483. The number of carbonyl (C=O) groups is 3. The second-order valence-electron chi connectivity index (χ2n) is 10.1. The van der Waals surface area contributed by atoms with Crippen LogP contribution in [0, 0.1) is 11.8 Å². The molecule has 1 saturated carbocycles. The molecule has 0 bridgehead atoms. The van der Waals surface area contributed by atoms with Crippen LogP contribution in [0.4, 0.5) is 4.79 Å². The van der Waals surface area contributed by atoms with Gasteiger partial charge in [0.2, 0.25) is 5.91 Å². The van der Waals surface area contributed by atoms with E-state index in [4.69, 9.17) is 21.1 Å². The Morgan fingerprint density at radius 2 is 1.85 bits per heavy atom. The number of carboxylic acid groups (broad SMARTS) is 1. The first-order valence-electron chi connectivity index (χ1n) is 13.2. The van der Waals surface area contributed by atoms with Crippen molar-refractivity contribution in [3.05, 3.63) is 58.6 Å². The molecular formula is C29H35ClN2O6S. The van der Waals surface area contributed by atoms with Crippen molar-refractivity contribution >= 4 is 40.5 Å². The number of carboxylic acids is 1. The monoisotopic (exact) mass is 574 g/mol. The Hall–Kier alpha value is -2.75. The first-order chi connectivity index (χ1) is 18.7. The summed E-state index contributed by atoms with van der Waals surface area (Å²) in [6.45, 7) is 4.10. The summed E-state index contributed by atoms with van der Waals surface area (Å²) < 4.78 is 11.5. The smallest absolute Gasteiger partial charge is 0.306 e. The summed E-state index contributed by atoms with van der Waals surface area (Å²) in [5, 5.41) is 9.85. The third-order valence-corrected chi connectivity index (χ3v) is 8.73. The van der Waals surface area contributed by atoms with E-state index in [1.54, 1.807) is 7.11 Å². The molecule has 0 aromatic heterocycles. The summed E-state index contributed by atoms with van der Waals surface area (Å²) in [6, 6.07) is 13.8. The zero-order valence-electron chi connectivity index (χ0n) is 22.3. The summed E-state index contributed by atoms with van der Waals surface area (Å²) in [4.78, 5) is 38.7. The largest absolute Gasteiger partial charge is 0.493 e. The number of imide groups is 1. The Kier molecular flexibility index (Phi) is 10.2. The van der Waals surface area contributed by atoms with Gasteiger partial charge in [0.05, 0.1) is 25.3 Å². The van der Waals surface area contributed by atoms with E-state index in [9.17, 15) is 19.5 Å². The van der Waals surface area contributed by atoms with Crippen LogP contribution in [0.25, 0.3) is 0 Å². The van der Waals surface area contributed by atoms with Crippen molar-refractivity contribution in [1.82, 2.24) is 9.80 Å². The molecule has 1 aliphatic carbocycles. The zero-order valence-corrected chi connectivity index (χ0v) is 23.9. The van der Waals surface area contributed by atoms with Crippen molar-refractivity contribution < 1.29 is 29.0 Å². The third-order valence-electron chi connectivity index (χ3n) is 7.62. The zero-order chi connectivity index (χ0) is 27.9. The van der Waals surface area contributed by atoms with Crippen molar-refractivity contribution in [2.45, 2.75) is 45.2 Å². The topological polar surface area (TPSA) is 96.4 Å². The molecule has 1 saturated heterocycles. The Labute approximate surface area is 238 Å². The number of hydrogen-bond donors (Lipinski definition) is 1. The number of carbonyl (C=O) groups excluding carboxylic acids is 2. The summed E-state index contributed by atoms with van der Waals surface area (Å²) in [5.41, 5.74) is 2.22. The molecule has 0 unspecified atom stereocenters. The highest BCUT2D eigenvalue weighted by atomic mass is 35.5. The highest BCUT2D eigenvalue weighted by Gasteiger charge is 2.30. The number of rotatable bonds is 12. The van der Waals surface area contributed by atoms with Gasteiger partial charge in [0.1, 0.15) is 6.61 Å². The number of thioether (sulfide) groups is 1. The molecule has 39 heavy (non-hydrogen) atoms. The second-order valence-corrected chi connectivity index (χ2v) is 11.5. The molecule has 0 radical (unpaired) electrons. The van der Waals surface area contributed by atoms with Crippen molar-refractivity contribution in [3.63, 3.8) is 0 Å². The van der Waals surface area contributed by atoms with Gasteiger partial charge in [-0.05, 0) is 73.9 Å². The van der Waals surface area contributed by atoms with Gasteiger partial charge in [0.15, 0.2) is 11.5 Å². The van der Waals surface area contributed by atoms with Gasteiger partial charge in [-0.15, -0.1) is 0 Å². The van der Waals surface area contributed by atoms with Gasteiger partial charge in [-0.2, -0.15) is 0 Å².